The van der Waals surface area contributed by atoms with Gasteiger partial charge in [0, 0.05) is 6.54 Å². The first kappa shape index (κ1) is 11.8. The summed E-state index contributed by atoms with van der Waals surface area (Å²) in [5, 5.41) is 7.53. The van der Waals surface area contributed by atoms with E-state index in [-0.39, 0.29) is 0 Å². The first-order valence-corrected chi connectivity index (χ1v) is 5.96. The number of aromatic nitrogens is 3. The van der Waals surface area contributed by atoms with Crippen molar-refractivity contribution < 1.29 is 0 Å². The monoisotopic (exact) mass is 230 g/mol. The normalized spacial score (nSPS) is 10.7. The lowest BCUT2D eigenvalue weighted by Gasteiger charge is -2.09. The number of rotatable bonds is 5. The molecule has 0 amide bonds. The van der Waals surface area contributed by atoms with Crippen molar-refractivity contribution in [3.05, 3.63) is 42.0 Å². The minimum atomic E-state index is 0.928. The highest BCUT2D eigenvalue weighted by Gasteiger charge is 2.01. The highest BCUT2D eigenvalue weighted by atomic mass is 15.3. The Morgan fingerprint density at radius 3 is 2.88 bits per heavy atom. The van der Waals surface area contributed by atoms with Crippen molar-refractivity contribution >= 4 is 0 Å². The van der Waals surface area contributed by atoms with Gasteiger partial charge in [-0.3, -0.25) is 0 Å². The maximum atomic E-state index is 4.12. The van der Waals surface area contributed by atoms with E-state index in [2.05, 4.69) is 47.4 Å². The Labute approximate surface area is 102 Å². The topological polar surface area (TPSA) is 42.7 Å². The van der Waals surface area contributed by atoms with Gasteiger partial charge in [0.25, 0.3) is 0 Å². The van der Waals surface area contributed by atoms with Crippen molar-refractivity contribution in [1.29, 1.82) is 0 Å². The Kier molecular flexibility index (Phi) is 3.88. The number of nitrogens with one attached hydrogen (secondary N) is 1. The Balaban J connectivity index is 2.12. The molecule has 4 heteroatoms. The molecule has 1 N–H and O–H groups in total. The van der Waals surface area contributed by atoms with Gasteiger partial charge in [-0.1, -0.05) is 13.0 Å². The van der Waals surface area contributed by atoms with Crippen molar-refractivity contribution in [3.63, 3.8) is 0 Å². The summed E-state index contributed by atoms with van der Waals surface area (Å²) in [6, 6.07) is 6.36. The van der Waals surface area contributed by atoms with E-state index in [1.807, 2.05) is 0 Å². The number of benzene rings is 1. The lowest BCUT2D eigenvalue weighted by Crippen LogP contribution is -2.14. The average Bonchev–Trinajstić information content (AvgIpc) is 2.85. The summed E-state index contributed by atoms with van der Waals surface area (Å²) in [5.74, 6) is 0. The molecule has 1 heterocycles. The van der Waals surface area contributed by atoms with E-state index in [0.29, 0.717) is 0 Å². The molecule has 0 saturated heterocycles. The Bertz CT molecular complexity index is 462. The second-order valence-electron chi connectivity index (χ2n) is 4.13. The minimum absolute atomic E-state index is 0.928. The molecule has 0 radical (unpaired) electrons. The van der Waals surface area contributed by atoms with E-state index in [4.69, 9.17) is 0 Å². The molecule has 0 spiro atoms. The van der Waals surface area contributed by atoms with Gasteiger partial charge in [0.05, 0.1) is 5.69 Å². The quantitative estimate of drug-likeness (QED) is 0.800. The van der Waals surface area contributed by atoms with Gasteiger partial charge in [-0.15, -0.1) is 0 Å². The fourth-order valence-corrected chi connectivity index (χ4v) is 1.76. The van der Waals surface area contributed by atoms with Crippen LogP contribution in [0.4, 0.5) is 0 Å². The summed E-state index contributed by atoms with van der Waals surface area (Å²) in [7, 11) is 0. The second kappa shape index (κ2) is 5.59. The maximum absolute atomic E-state index is 4.12. The summed E-state index contributed by atoms with van der Waals surface area (Å²) < 4.78 is 1.77. The van der Waals surface area contributed by atoms with E-state index in [1.54, 1.807) is 17.3 Å². The van der Waals surface area contributed by atoms with Gasteiger partial charge in [0.15, 0.2) is 0 Å². The van der Waals surface area contributed by atoms with Crippen LogP contribution in [0.15, 0.2) is 30.9 Å². The zero-order valence-corrected chi connectivity index (χ0v) is 10.3. The lowest BCUT2D eigenvalue weighted by molar-refractivity contribution is 0.673. The summed E-state index contributed by atoms with van der Waals surface area (Å²) in [5.41, 5.74) is 3.67. The van der Waals surface area contributed by atoms with Crippen LogP contribution < -0.4 is 5.32 Å². The van der Waals surface area contributed by atoms with Crippen molar-refractivity contribution in [3.8, 4) is 5.69 Å². The smallest absolute Gasteiger partial charge is 0.138 e. The number of aryl methyl sites for hydroxylation is 1. The molecule has 4 nitrogen and oxygen atoms in total. The molecule has 17 heavy (non-hydrogen) atoms. The zero-order valence-electron chi connectivity index (χ0n) is 10.3. The summed E-state index contributed by atoms with van der Waals surface area (Å²) in [6.07, 6.45) is 4.42. The maximum Gasteiger partial charge on any atom is 0.138 e. The predicted octanol–water partition coefficient (Wildman–Crippen LogP) is 2.08. The zero-order chi connectivity index (χ0) is 12.1. The molecule has 0 saturated carbocycles. The van der Waals surface area contributed by atoms with Gasteiger partial charge in [0.2, 0.25) is 0 Å². The molecule has 0 unspecified atom stereocenters. The van der Waals surface area contributed by atoms with Crippen molar-refractivity contribution in [2.75, 3.05) is 6.54 Å². The molecule has 0 aliphatic carbocycles. The van der Waals surface area contributed by atoms with Gasteiger partial charge < -0.3 is 5.32 Å². The Morgan fingerprint density at radius 2 is 2.24 bits per heavy atom. The molecular weight excluding hydrogens is 212 g/mol. The highest BCUT2D eigenvalue weighted by molar-refractivity contribution is 5.39. The van der Waals surface area contributed by atoms with Gasteiger partial charge in [0.1, 0.15) is 12.7 Å². The number of hydrogen-bond donors (Lipinski definition) is 1. The van der Waals surface area contributed by atoms with Gasteiger partial charge in [-0.05, 0) is 43.1 Å². The fourth-order valence-electron chi connectivity index (χ4n) is 1.76. The fraction of sp³-hybridized carbons (Fsp3) is 0.385. The molecule has 0 bridgehead atoms. The first-order valence-electron chi connectivity index (χ1n) is 5.96. The van der Waals surface area contributed by atoms with E-state index < -0.39 is 0 Å². The Morgan fingerprint density at radius 1 is 1.35 bits per heavy atom. The summed E-state index contributed by atoms with van der Waals surface area (Å²) in [6.45, 7) is 6.29. The minimum Gasteiger partial charge on any atom is -0.313 e. The molecule has 1 aromatic heterocycles. The molecule has 1 aromatic carbocycles. The largest absolute Gasteiger partial charge is 0.313 e. The first-order chi connectivity index (χ1) is 8.31. The molecular formula is C13H18N4. The molecule has 2 aromatic rings. The van der Waals surface area contributed by atoms with Crippen molar-refractivity contribution in [1.82, 2.24) is 20.1 Å². The molecule has 0 aliphatic heterocycles. The van der Waals surface area contributed by atoms with Crippen molar-refractivity contribution in [2.45, 2.75) is 26.8 Å². The molecule has 0 aliphatic rings. The molecule has 90 valence electrons. The van der Waals surface area contributed by atoms with Crippen LogP contribution in [-0.4, -0.2) is 21.3 Å². The molecule has 2 rings (SSSR count). The lowest BCUT2D eigenvalue weighted by atomic mass is 10.1. The van der Waals surface area contributed by atoms with E-state index in [1.165, 1.54) is 11.1 Å². The molecule has 0 atom stereocenters. The highest BCUT2D eigenvalue weighted by Crippen LogP contribution is 2.13. The third kappa shape index (κ3) is 2.91. The van der Waals surface area contributed by atoms with Crippen LogP contribution in [0.1, 0.15) is 24.5 Å². The van der Waals surface area contributed by atoms with E-state index >= 15 is 0 Å². The van der Waals surface area contributed by atoms with Crippen LogP contribution in [0, 0.1) is 6.92 Å². The van der Waals surface area contributed by atoms with Crippen molar-refractivity contribution in [2.24, 2.45) is 0 Å². The van der Waals surface area contributed by atoms with Gasteiger partial charge in [-0.2, -0.15) is 5.10 Å². The van der Waals surface area contributed by atoms with E-state index in [9.17, 15) is 0 Å². The Hall–Kier alpha value is -1.68. The second-order valence-corrected chi connectivity index (χ2v) is 4.13. The average molecular weight is 230 g/mol. The van der Waals surface area contributed by atoms with E-state index in [0.717, 1.165) is 25.2 Å². The number of hydrogen-bond acceptors (Lipinski definition) is 3. The SMILES string of the molecule is CCCNCc1ccc(-n2cncn2)cc1C. The van der Waals surface area contributed by atoms with Gasteiger partial charge >= 0.3 is 0 Å². The van der Waals surface area contributed by atoms with Crippen LogP contribution in [-0.2, 0) is 6.54 Å². The number of nitrogens with zero attached hydrogens (tertiary/aromatic N) is 3. The third-order valence-corrected chi connectivity index (χ3v) is 2.75. The van der Waals surface area contributed by atoms with Crippen LogP contribution in [0.25, 0.3) is 5.69 Å². The van der Waals surface area contributed by atoms with Crippen LogP contribution >= 0.6 is 0 Å². The summed E-state index contributed by atoms with van der Waals surface area (Å²) in [4.78, 5) is 3.95. The van der Waals surface area contributed by atoms with Crippen LogP contribution in [0.2, 0.25) is 0 Å². The summed E-state index contributed by atoms with van der Waals surface area (Å²) >= 11 is 0. The van der Waals surface area contributed by atoms with Crippen LogP contribution in [0.5, 0.6) is 0 Å². The van der Waals surface area contributed by atoms with Crippen LogP contribution in [0.3, 0.4) is 0 Å². The predicted molar refractivity (Wildman–Crippen MR) is 68.1 cm³/mol. The van der Waals surface area contributed by atoms with Gasteiger partial charge in [-0.25, -0.2) is 9.67 Å². The standard InChI is InChI=1S/C13H18N4/c1-3-6-14-8-12-4-5-13(7-11(12)2)17-10-15-9-16-17/h4-5,7,9-10,14H,3,6,8H2,1-2H3. The molecule has 0 fully saturated rings. The third-order valence-electron chi connectivity index (χ3n) is 2.75.